The van der Waals surface area contributed by atoms with Crippen molar-refractivity contribution in [2.75, 3.05) is 26.2 Å². The molecular weight excluding hydrogens is 594 g/mol. The molecule has 3 aromatic rings. The second kappa shape index (κ2) is 13.5. The molecule has 2 aromatic heterocycles. The van der Waals surface area contributed by atoms with Gasteiger partial charge in [-0.05, 0) is 56.5 Å². The van der Waals surface area contributed by atoms with Gasteiger partial charge in [-0.15, -0.1) is 0 Å². The van der Waals surface area contributed by atoms with Crippen molar-refractivity contribution in [3.63, 3.8) is 0 Å². The Bertz CT molecular complexity index is 1390. The van der Waals surface area contributed by atoms with Crippen molar-refractivity contribution in [3.8, 4) is 0 Å². The first-order chi connectivity index (χ1) is 20.7. The number of nitrogens with one attached hydrogen (secondary N) is 1. The van der Waals surface area contributed by atoms with Gasteiger partial charge in [-0.2, -0.15) is 26.3 Å². The van der Waals surface area contributed by atoms with E-state index in [0.29, 0.717) is 25.9 Å². The van der Waals surface area contributed by atoms with E-state index in [-0.39, 0.29) is 43.7 Å². The van der Waals surface area contributed by atoms with Crippen molar-refractivity contribution in [1.29, 1.82) is 0 Å². The molecule has 0 unspecified atom stereocenters. The second-order valence-electron chi connectivity index (χ2n) is 10.8. The summed E-state index contributed by atoms with van der Waals surface area (Å²) < 4.78 is 81.4. The van der Waals surface area contributed by atoms with E-state index >= 15 is 0 Å². The largest absolute Gasteiger partial charge is 0.445 e. The molecule has 14 heteroatoms. The van der Waals surface area contributed by atoms with Gasteiger partial charge in [0.15, 0.2) is 0 Å². The number of likely N-dealkylation sites (tertiary alicyclic amines) is 1. The van der Waals surface area contributed by atoms with Gasteiger partial charge in [0.2, 0.25) is 0 Å². The molecule has 1 amide bonds. The van der Waals surface area contributed by atoms with E-state index in [2.05, 4.69) is 15.3 Å². The van der Waals surface area contributed by atoms with E-state index in [1.165, 1.54) is 17.3 Å². The minimum atomic E-state index is -4.53. The number of hydrogen-bond acceptors (Lipinski definition) is 7. The molecule has 4 heterocycles. The summed E-state index contributed by atoms with van der Waals surface area (Å²) >= 11 is 0. The average Bonchev–Trinajstić information content (AvgIpc) is 3.01. The smallest absolute Gasteiger partial charge is 0.417 e. The molecule has 2 aliphatic rings. The predicted octanol–water partition coefficient (Wildman–Crippen LogP) is 5.39. The minimum Gasteiger partial charge on any atom is -0.445 e. The quantitative estimate of drug-likeness (QED) is 0.334. The lowest BCUT2D eigenvalue weighted by Gasteiger charge is -2.38. The van der Waals surface area contributed by atoms with Gasteiger partial charge in [0.1, 0.15) is 6.61 Å². The fourth-order valence-electron chi connectivity index (χ4n) is 4.99. The molecule has 0 atom stereocenters. The molecule has 2 aliphatic heterocycles. The highest BCUT2D eigenvalue weighted by molar-refractivity contribution is 5.67. The van der Waals surface area contributed by atoms with Crippen LogP contribution in [0.3, 0.4) is 0 Å². The molecule has 0 radical (unpaired) electrons. The van der Waals surface area contributed by atoms with Crippen molar-refractivity contribution < 1.29 is 46.1 Å². The maximum absolute atomic E-state index is 12.9. The summed E-state index contributed by atoms with van der Waals surface area (Å²) in [5.41, 5.74) is -3.16. The second-order valence-corrected chi connectivity index (χ2v) is 10.8. The van der Waals surface area contributed by atoms with Crippen molar-refractivity contribution in [3.05, 3.63) is 95.1 Å². The lowest BCUT2D eigenvalue weighted by molar-refractivity contribution is -0.139. The van der Waals surface area contributed by atoms with Gasteiger partial charge in [0.25, 0.3) is 0 Å². The van der Waals surface area contributed by atoms with Crippen molar-refractivity contribution in [1.82, 2.24) is 20.2 Å². The SMILES string of the molecule is O=C(OCc1ccccc1)N1CCC(O)(c2cncc(C(F)(F)F)c2)CC1.OC1(c2cncc(C(F)(F)F)c2)CCNCC1. The van der Waals surface area contributed by atoms with Gasteiger partial charge < -0.3 is 25.2 Å². The molecule has 238 valence electrons. The molecule has 0 aliphatic carbocycles. The number of hydrogen-bond donors (Lipinski definition) is 3. The number of halogens is 6. The Kier molecular flexibility index (Phi) is 10.2. The Morgan fingerprint density at radius 3 is 1.75 bits per heavy atom. The lowest BCUT2D eigenvalue weighted by Crippen LogP contribution is -2.45. The van der Waals surface area contributed by atoms with Gasteiger partial charge in [-0.1, -0.05) is 30.3 Å². The van der Waals surface area contributed by atoms with Crippen LogP contribution in [0.2, 0.25) is 0 Å². The van der Waals surface area contributed by atoms with E-state index in [0.717, 1.165) is 30.1 Å². The number of carbonyl (C=O) groups excluding carboxylic acids is 1. The van der Waals surface area contributed by atoms with Crippen LogP contribution in [-0.4, -0.2) is 57.4 Å². The highest BCUT2D eigenvalue weighted by atomic mass is 19.4. The number of ether oxygens (including phenoxy) is 1. The minimum absolute atomic E-state index is 0.106. The summed E-state index contributed by atoms with van der Waals surface area (Å²) in [6.07, 6.45) is -4.41. The zero-order valence-electron chi connectivity index (χ0n) is 23.5. The molecule has 0 spiro atoms. The zero-order valence-corrected chi connectivity index (χ0v) is 23.5. The van der Waals surface area contributed by atoms with Gasteiger partial charge in [0.05, 0.1) is 22.3 Å². The van der Waals surface area contributed by atoms with E-state index in [9.17, 15) is 41.4 Å². The Labute approximate surface area is 249 Å². The summed E-state index contributed by atoms with van der Waals surface area (Å²) in [4.78, 5) is 20.8. The maximum Gasteiger partial charge on any atom is 0.417 e. The first-order valence-electron chi connectivity index (χ1n) is 13.9. The number of benzene rings is 1. The third-order valence-corrected chi connectivity index (χ3v) is 7.69. The van der Waals surface area contributed by atoms with Crippen LogP contribution in [0.4, 0.5) is 31.1 Å². The third-order valence-electron chi connectivity index (χ3n) is 7.69. The maximum atomic E-state index is 12.9. The van der Waals surface area contributed by atoms with E-state index in [4.69, 9.17) is 4.74 Å². The molecule has 2 saturated heterocycles. The highest BCUT2D eigenvalue weighted by Gasteiger charge is 2.39. The highest BCUT2D eigenvalue weighted by Crippen LogP contribution is 2.37. The number of alkyl halides is 6. The number of pyridine rings is 2. The topological polar surface area (TPSA) is 108 Å². The molecule has 1 aromatic carbocycles. The number of aliphatic hydroxyl groups is 2. The Morgan fingerprint density at radius 2 is 1.27 bits per heavy atom. The number of rotatable bonds is 4. The zero-order chi connectivity index (χ0) is 32.0. The monoisotopic (exact) mass is 626 g/mol. The van der Waals surface area contributed by atoms with Gasteiger partial charge in [-0.3, -0.25) is 9.97 Å². The van der Waals surface area contributed by atoms with Crippen LogP contribution in [-0.2, 0) is 34.9 Å². The predicted molar refractivity (Wildman–Crippen MR) is 146 cm³/mol. The number of aromatic nitrogens is 2. The summed E-state index contributed by atoms with van der Waals surface area (Å²) in [7, 11) is 0. The van der Waals surface area contributed by atoms with Crippen LogP contribution in [0.5, 0.6) is 0 Å². The third kappa shape index (κ3) is 8.45. The molecule has 0 bridgehead atoms. The Morgan fingerprint density at radius 1 is 0.795 bits per heavy atom. The molecule has 8 nitrogen and oxygen atoms in total. The van der Waals surface area contributed by atoms with Crippen molar-refractivity contribution in [2.45, 2.75) is 55.8 Å². The number of carbonyl (C=O) groups is 1. The van der Waals surface area contributed by atoms with Crippen LogP contribution in [0.1, 0.15) is 53.5 Å². The van der Waals surface area contributed by atoms with Crippen LogP contribution >= 0.6 is 0 Å². The fraction of sp³-hybridized carbons (Fsp3) is 0.433. The summed E-state index contributed by atoms with van der Waals surface area (Å²) in [5.74, 6) is 0. The van der Waals surface area contributed by atoms with Crippen LogP contribution in [0.25, 0.3) is 0 Å². The van der Waals surface area contributed by atoms with Crippen molar-refractivity contribution in [2.24, 2.45) is 0 Å². The van der Waals surface area contributed by atoms with Gasteiger partial charge in [-0.25, -0.2) is 4.79 Å². The van der Waals surface area contributed by atoms with Gasteiger partial charge >= 0.3 is 18.4 Å². The lowest BCUT2D eigenvalue weighted by atomic mass is 9.85. The number of nitrogens with zero attached hydrogens (tertiary/aromatic N) is 3. The molecule has 3 N–H and O–H groups in total. The van der Waals surface area contributed by atoms with E-state index in [1.807, 2.05) is 30.3 Å². The van der Waals surface area contributed by atoms with E-state index < -0.39 is 40.8 Å². The first kappa shape index (κ1) is 33.1. The summed E-state index contributed by atoms with van der Waals surface area (Å²) in [6, 6.07) is 11.1. The fourth-order valence-corrected chi connectivity index (χ4v) is 4.99. The summed E-state index contributed by atoms with van der Waals surface area (Å²) in [5, 5.41) is 24.1. The Balaban J connectivity index is 0.000000223. The number of amides is 1. The van der Waals surface area contributed by atoms with E-state index in [1.54, 1.807) is 0 Å². The first-order valence-corrected chi connectivity index (χ1v) is 13.9. The molecule has 5 rings (SSSR count). The molecule has 2 fully saturated rings. The normalized spacial score (nSPS) is 18.1. The van der Waals surface area contributed by atoms with Crippen LogP contribution < -0.4 is 5.32 Å². The van der Waals surface area contributed by atoms with Crippen molar-refractivity contribution >= 4 is 6.09 Å². The van der Waals surface area contributed by atoms with Gasteiger partial charge in [0, 0.05) is 49.0 Å². The summed E-state index contributed by atoms with van der Waals surface area (Å²) in [6.45, 7) is 1.68. The molecule has 44 heavy (non-hydrogen) atoms. The van der Waals surface area contributed by atoms with Crippen LogP contribution in [0, 0.1) is 0 Å². The Hall–Kier alpha value is -3.75. The standard InChI is InChI=1S/C19H19F3N2O3.C11H13F3N2O/c20-19(21,22)16-10-15(11-23-12-16)18(26)6-8-24(9-7-18)17(25)27-13-14-4-2-1-3-5-14;12-11(13,14)9-5-8(6-16-7-9)10(17)1-3-15-4-2-10/h1-5,10-12,26H,6-9,13H2;5-7,15,17H,1-4H2. The molecule has 0 saturated carbocycles. The average molecular weight is 627 g/mol. The van der Waals surface area contributed by atoms with Crippen LogP contribution in [0.15, 0.2) is 67.3 Å². The number of piperidine rings is 2. The molecular formula is C30H32F6N4O4.